The lowest BCUT2D eigenvalue weighted by Gasteiger charge is -2.35. The predicted octanol–water partition coefficient (Wildman–Crippen LogP) is 2.73. The summed E-state index contributed by atoms with van der Waals surface area (Å²) in [5.74, 6) is 1.41. The third-order valence-electron chi connectivity index (χ3n) is 4.85. The molecule has 0 spiro atoms. The molecule has 1 aliphatic heterocycles. The molecule has 0 atom stereocenters. The molecule has 0 radical (unpaired) electrons. The van der Waals surface area contributed by atoms with Crippen LogP contribution in [0, 0.1) is 0 Å². The zero-order valence-electron chi connectivity index (χ0n) is 16.8. The van der Waals surface area contributed by atoms with Crippen molar-refractivity contribution in [2.75, 3.05) is 42.9 Å². The summed E-state index contributed by atoms with van der Waals surface area (Å²) in [5, 5.41) is 3.06. The van der Waals surface area contributed by atoms with Crippen LogP contribution < -0.4 is 16.0 Å². The fraction of sp³-hybridized carbons (Fsp3) is 0.381. The van der Waals surface area contributed by atoms with Crippen LogP contribution in [-0.2, 0) is 11.2 Å². The topological polar surface area (TPSA) is 86.8 Å². The van der Waals surface area contributed by atoms with Crippen molar-refractivity contribution in [3.63, 3.8) is 0 Å². The summed E-state index contributed by atoms with van der Waals surface area (Å²) in [6, 6.07) is 14.0. The molecule has 1 aliphatic rings. The number of aliphatic imine (C=N–C) groups is 1. The molecule has 1 aromatic heterocycles. The van der Waals surface area contributed by atoms with Gasteiger partial charge in [-0.1, -0.05) is 25.1 Å². The van der Waals surface area contributed by atoms with Gasteiger partial charge in [0.2, 0.25) is 5.91 Å². The minimum atomic E-state index is 0. The number of hydrogen-bond donors (Lipinski definition) is 2. The van der Waals surface area contributed by atoms with Crippen molar-refractivity contribution in [3.8, 4) is 0 Å². The highest BCUT2D eigenvalue weighted by Crippen LogP contribution is 2.13. The van der Waals surface area contributed by atoms with Crippen LogP contribution in [0.3, 0.4) is 0 Å². The summed E-state index contributed by atoms with van der Waals surface area (Å²) in [5.41, 5.74) is 8.10. The van der Waals surface area contributed by atoms with Gasteiger partial charge in [0, 0.05) is 44.5 Å². The Kier molecular flexibility index (Phi) is 9.17. The molecule has 29 heavy (non-hydrogen) atoms. The number of hydrogen-bond acceptors (Lipinski definition) is 4. The van der Waals surface area contributed by atoms with Gasteiger partial charge in [-0.2, -0.15) is 0 Å². The number of guanidine groups is 1. The van der Waals surface area contributed by atoms with Gasteiger partial charge in [0.05, 0.1) is 6.54 Å². The van der Waals surface area contributed by atoms with Gasteiger partial charge in [-0.25, -0.2) is 4.98 Å². The Hall–Kier alpha value is -2.36. The molecule has 1 saturated heterocycles. The number of halogens is 1. The first-order valence-corrected chi connectivity index (χ1v) is 9.75. The lowest BCUT2D eigenvalue weighted by Crippen LogP contribution is -2.49. The van der Waals surface area contributed by atoms with E-state index in [1.165, 1.54) is 5.56 Å². The molecular formula is C21H29IN6O. The highest BCUT2D eigenvalue weighted by molar-refractivity contribution is 14.0. The van der Waals surface area contributed by atoms with E-state index in [1.807, 2.05) is 35.2 Å². The van der Waals surface area contributed by atoms with Gasteiger partial charge in [-0.3, -0.25) is 9.79 Å². The summed E-state index contributed by atoms with van der Waals surface area (Å²) in [6.07, 6.45) is 3.16. The van der Waals surface area contributed by atoms with Crippen LogP contribution in [0.2, 0.25) is 0 Å². The highest BCUT2D eigenvalue weighted by atomic mass is 127. The van der Waals surface area contributed by atoms with E-state index in [-0.39, 0.29) is 29.9 Å². The summed E-state index contributed by atoms with van der Waals surface area (Å²) in [4.78, 5) is 25.1. The molecule has 1 amide bonds. The number of piperazine rings is 1. The maximum atomic E-state index is 12.4. The third kappa shape index (κ3) is 6.88. The average Bonchev–Trinajstić information content (AvgIpc) is 2.75. The Morgan fingerprint density at radius 3 is 2.48 bits per heavy atom. The Morgan fingerprint density at radius 1 is 1.14 bits per heavy atom. The normalized spacial score (nSPS) is 14.3. The number of aromatic nitrogens is 1. The minimum Gasteiger partial charge on any atom is -0.370 e. The van der Waals surface area contributed by atoms with Crippen LogP contribution in [0.5, 0.6) is 0 Å². The molecule has 3 rings (SSSR count). The number of nitrogens with zero attached hydrogens (tertiary/aromatic N) is 4. The first kappa shape index (κ1) is 22.9. The lowest BCUT2D eigenvalue weighted by atomic mass is 10.1. The molecule has 2 aromatic rings. The number of amides is 1. The van der Waals surface area contributed by atoms with Crippen molar-refractivity contribution in [1.29, 1.82) is 0 Å². The Balaban J connectivity index is 0.00000300. The molecule has 2 heterocycles. The van der Waals surface area contributed by atoms with Gasteiger partial charge >= 0.3 is 0 Å². The van der Waals surface area contributed by atoms with Crippen LogP contribution in [0.1, 0.15) is 18.9 Å². The number of pyridine rings is 1. The van der Waals surface area contributed by atoms with Crippen LogP contribution in [0.4, 0.5) is 11.5 Å². The van der Waals surface area contributed by atoms with Gasteiger partial charge in [0.15, 0.2) is 5.96 Å². The molecule has 1 fully saturated rings. The average molecular weight is 508 g/mol. The fourth-order valence-corrected chi connectivity index (χ4v) is 3.17. The number of aryl methyl sites for hydroxylation is 1. The minimum absolute atomic E-state index is 0. The molecule has 8 heteroatoms. The first-order valence-electron chi connectivity index (χ1n) is 9.75. The number of rotatable bonds is 6. The Bertz CT molecular complexity index is 789. The van der Waals surface area contributed by atoms with Crippen molar-refractivity contribution in [1.82, 2.24) is 9.88 Å². The van der Waals surface area contributed by atoms with Gasteiger partial charge in [-0.05, 0) is 36.2 Å². The highest BCUT2D eigenvalue weighted by Gasteiger charge is 2.21. The van der Waals surface area contributed by atoms with E-state index in [9.17, 15) is 4.79 Å². The zero-order valence-corrected chi connectivity index (χ0v) is 19.1. The fourth-order valence-electron chi connectivity index (χ4n) is 3.17. The van der Waals surface area contributed by atoms with Gasteiger partial charge in [0.1, 0.15) is 5.82 Å². The van der Waals surface area contributed by atoms with E-state index >= 15 is 0 Å². The molecule has 156 valence electrons. The molecule has 3 N–H and O–H groups in total. The number of carbonyl (C=O) groups is 1. The molecular weight excluding hydrogens is 479 g/mol. The van der Waals surface area contributed by atoms with E-state index in [1.54, 1.807) is 6.20 Å². The number of carbonyl (C=O) groups excluding carboxylic acids is 1. The second-order valence-corrected chi connectivity index (χ2v) is 6.75. The van der Waals surface area contributed by atoms with Gasteiger partial charge in [-0.15, -0.1) is 24.0 Å². The summed E-state index contributed by atoms with van der Waals surface area (Å²) < 4.78 is 0. The number of nitrogens with two attached hydrogens (primary N) is 1. The van der Waals surface area contributed by atoms with E-state index in [2.05, 4.69) is 39.2 Å². The van der Waals surface area contributed by atoms with Crippen LogP contribution in [0.25, 0.3) is 0 Å². The van der Waals surface area contributed by atoms with Crippen molar-refractivity contribution in [2.45, 2.75) is 19.8 Å². The van der Waals surface area contributed by atoms with E-state index in [4.69, 9.17) is 5.73 Å². The quantitative estimate of drug-likeness (QED) is 0.356. The molecule has 0 saturated carbocycles. The summed E-state index contributed by atoms with van der Waals surface area (Å²) in [6.45, 7) is 5.50. The molecule has 1 aromatic carbocycles. The van der Waals surface area contributed by atoms with Crippen molar-refractivity contribution >= 4 is 47.3 Å². The van der Waals surface area contributed by atoms with Crippen LogP contribution in [0.15, 0.2) is 53.7 Å². The molecule has 0 unspecified atom stereocenters. The van der Waals surface area contributed by atoms with Crippen LogP contribution in [-0.4, -0.2) is 54.5 Å². The van der Waals surface area contributed by atoms with E-state index < -0.39 is 0 Å². The van der Waals surface area contributed by atoms with Crippen molar-refractivity contribution in [3.05, 3.63) is 54.2 Å². The monoisotopic (exact) mass is 508 g/mol. The molecule has 0 bridgehead atoms. The number of nitrogens with one attached hydrogen (secondary N) is 1. The van der Waals surface area contributed by atoms with Gasteiger partial charge in [0.25, 0.3) is 0 Å². The lowest BCUT2D eigenvalue weighted by molar-refractivity contribution is -0.131. The number of anilines is 2. The third-order valence-corrected chi connectivity index (χ3v) is 4.85. The predicted molar refractivity (Wildman–Crippen MR) is 129 cm³/mol. The van der Waals surface area contributed by atoms with Gasteiger partial charge < -0.3 is 20.9 Å². The standard InChI is InChI=1S/C21H28N6O.HI/c1-2-17-6-8-18(9-7-17)25-21(22)24-12-10-20(28)27-15-13-26(14-16-27)19-5-3-4-11-23-19;/h3-9,11H,2,10,12-16H2,1H3,(H3,22,24,25);1H. The molecule has 0 aliphatic carbocycles. The first-order chi connectivity index (χ1) is 13.7. The van der Waals surface area contributed by atoms with E-state index in [0.29, 0.717) is 32.0 Å². The maximum absolute atomic E-state index is 12.4. The number of benzene rings is 1. The Labute approximate surface area is 189 Å². The second-order valence-electron chi connectivity index (χ2n) is 6.75. The van der Waals surface area contributed by atoms with Crippen LogP contribution >= 0.6 is 24.0 Å². The summed E-state index contributed by atoms with van der Waals surface area (Å²) in [7, 11) is 0. The SMILES string of the molecule is CCc1ccc(NC(N)=NCCC(=O)N2CCN(c3ccccn3)CC2)cc1.I. The van der Waals surface area contributed by atoms with E-state index in [0.717, 1.165) is 31.0 Å². The molecule has 7 nitrogen and oxygen atoms in total. The maximum Gasteiger partial charge on any atom is 0.224 e. The second kappa shape index (κ2) is 11.6. The zero-order chi connectivity index (χ0) is 19.8. The Morgan fingerprint density at radius 2 is 1.86 bits per heavy atom. The summed E-state index contributed by atoms with van der Waals surface area (Å²) >= 11 is 0. The van der Waals surface area contributed by atoms with Crippen molar-refractivity contribution < 1.29 is 4.79 Å². The smallest absolute Gasteiger partial charge is 0.224 e. The largest absolute Gasteiger partial charge is 0.370 e. The van der Waals surface area contributed by atoms with Crippen molar-refractivity contribution in [2.24, 2.45) is 10.7 Å².